The van der Waals surface area contributed by atoms with E-state index in [0.717, 1.165) is 28.4 Å². The number of aryl methyl sites for hydroxylation is 3. The van der Waals surface area contributed by atoms with Gasteiger partial charge in [-0.15, -0.1) is 0 Å². The zero-order valence-electron chi connectivity index (χ0n) is 37.3. The van der Waals surface area contributed by atoms with Gasteiger partial charge in [-0.2, -0.15) is 0 Å². The zero-order chi connectivity index (χ0) is 44.3. The molecule has 0 aliphatic heterocycles. The summed E-state index contributed by atoms with van der Waals surface area (Å²) >= 11 is 0. The first kappa shape index (κ1) is 39.2. The van der Waals surface area contributed by atoms with Crippen molar-refractivity contribution in [1.29, 1.82) is 0 Å². The molecule has 0 N–H and O–H groups in total. The normalized spacial score (nSPS) is 11.6. The standard InChI is InChI=1S/C63H47N3/c1-42-25-32-49(33-26-42)64(50-34-27-43(2)28-35-50)51-36-29-44(3)56(41-51)63-52(45-30-37-61-57(39-45)54-19-10-12-23-59(54)65(61)47-15-6-4-7-16-47)21-14-22-53(63)46-31-38-62-58(40-46)55-20-11-13-24-60(55)66(62)48-17-8-5-9-18-48/h4-41H,1-3H3. The van der Waals surface area contributed by atoms with Crippen molar-refractivity contribution in [3.8, 4) is 44.8 Å². The molecule has 0 unspecified atom stereocenters. The van der Waals surface area contributed by atoms with Gasteiger partial charge in [0.1, 0.15) is 0 Å². The molecule has 3 heteroatoms. The van der Waals surface area contributed by atoms with Gasteiger partial charge in [0.2, 0.25) is 0 Å². The van der Waals surface area contributed by atoms with Crippen LogP contribution in [-0.4, -0.2) is 9.13 Å². The van der Waals surface area contributed by atoms with Crippen LogP contribution in [0, 0.1) is 20.8 Å². The average molecular weight is 846 g/mol. The topological polar surface area (TPSA) is 13.1 Å². The van der Waals surface area contributed by atoms with E-state index < -0.39 is 0 Å². The molecule has 0 atom stereocenters. The van der Waals surface area contributed by atoms with Crippen molar-refractivity contribution in [2.45, 2.75) is 20.8 Å². The van der Waals surface area contributed by atoms with Crippen LogP contribution in [0.4, 0.5) is 17.1 Å². The Hall–Kier alpha value is -8.40. The predicted octanol–water partition coefficient (Wildman–Crippen LogP) is 17.3. The highest BCUT2D eigenvalue weighted by molar-refractivity contribution is 6.13. The van der Waals surface area contributed by atoms with Crippen molar-refractivity contribution in [2.24, 2.45) is 0 Å². The molecule has 0 fully saturated rings. The molecule has 0 saturated heterocycles. The largest absolute Gasteiger partial charge is 0.310 e. The van der Waals surface area contributed by atoms with E-state index in [1.807, 2.05) is 0 Å². The van der Waals surface area contributed by atoms with E-state index in [4.69, 9.17) is 0 Å². The van der Waals surface area contributed by atoms with Gasteiger partial charge in [-0.1, -0.05) is 145 Å². The van der Waals surface area contributed by atoms with Gasteiger partial charge >= 0.3 is 0 Å². The molecule has 314 valence electrons. The number of fused-ring (bicyclic) bond motifs is 6. The molecule has 12 aromatic rings. The summed E-state index contributed by atoms with van der Waals surface area (Å²) in [6.07, 6.45) is 0. The van der Waals surface area contributed by atoms with Crippen molar-refractivity contribution < 1.29 is 0 Å². The molecule has 0 spiro atoms. The lowest BCUT2D eigenvalue weighted by Crippen LogP contribution is -2.10. The summed E-state index contributed by atoms with van der Waals surface area (Å²) in [5.74, 6) is 0. The first-order valence-electron chi connectivity index (χ1n) is 22.8. The lowest BCUT2D eigenvalue weighted by molar-refractivity contribution is 1.18. The third-order valence-electron chi connectivity index (χ3n) is 13.4. The summed E-state index contributed by atoms with van der Waals surface area (Å²) in [5, 5.41) is 4.94. The first-order valence-corrected chi connectivity index (χ1v) is 22.8. The number of hydrogen-bond donors (Lipinski definition) is 0. The van der Waals surface area contributed by atoms with Crippen molar-refractivity contribution in [1.82, 2.24) is 9.13 Å². The Bertz CT molecular complexity index is 3540. The molecule has 0 aliphatic carbocycles. The van der Waals surface area contributed by atoms with Crippen molar-refractivity contribution >= 4 is 60.7 Å². The fourth-order valence-electron chi connectivity index (χ4n) is 10.2. The average Bonchev–Trinajstić information content (AvgIpc) is 3.88. The summed E-state index contributed by atoms with van der Waals surface area (Å²) in [6.45, 7) is 6.56. The molecular weight excluding hydrogens is 799 g/mol. The molecule has 0 radical (unpaired) electrons. The van der Waals surface area contributed by atoms with Crippen molar-refractivity contribution in [3.05, 3.63) is 247 Å². The molecule has 10 aromatic carbocycles. The summed E-state index contributed by atoms with van der Waals surface area (Å²) in [7, 11) is 0. The minimum Gasteiger partial charge on any atom is -0.310 e. The Morgan fingerprint density at radius 2 is 0.727 bits per heavy atom. The van der Waals surface area contributed by atoms with Crippen LogP contribution in [0.5, 0.6) is 0 Å². The van der Waals surface area contributed by atoms with Crippen LogP contribution >= 0.6 is 0 Å². The maximum Gasteiger partial charge on any atom is 0.0541 e. The number of benzene rings is 10. The SMILES string of the molecule is Cc1ccc(N(c2ccc(C)cc2)c2ccc(C)c(-c3c(-c4ccc5c(c4)c4ccccc4n5-c4ccccc4)cccc3-c3ccc4c(c3)c3ccccc3n4-c3ccccc3)c2)cc1. The van der Waals surface area contributed by atoms with E-state index >= 15 is 0 Å². The van der Waals surface area contributed by atoms with Gasteiger partial charge in [0.05, 0.1) is 22.1 Å². The van der Waals surface area contributed by atoms with Gasteiger partial charge < -0.3 is 14.0 Å². The Morgan fingerprint density at radius 1 is 0.303 bits per heavy atom. The lowest BCUT2D eigenvalue weighted by Gasteiger charge is -2.27. The number of rotatable bonds is 8. The molecule has 2 aromatic heterocycles. The lowest BCUT2D eigenvalue weighted by atomic mass is 9.85. The molecule has 0 bridgehead atoms. The summed E-state index contributed by atoms with van der Waals surface area (Å²) in [4.78, 5) is 2.39. The maximum atomic E-state index is 2.42. The molecule has 0 aliphatic rings. The van der Waals surface area contributed by atoms with E-state index in [2.05, 4.69) is 265 Å². The summed E-state index contributed by atoms with van der Waals surface area (Å²) in [6, 6.07) is 84.8. The number of nitrogens with zero attached hydrogens (tertiary/aromatic N) is 3. The molecule has 12 rings (SSSR count). The molecule has 66 heavy (non-hydrogen) atoms. The van der Waals surface area contributed by atoms with Crippen LogP contribution in [0.2, 0.25) is 0 Å². The van der Waals surface area contributed by atoms with Crippen LogP contribution < -0.4 is 4.90 Å². The van der Waals surface area contributed by atoms with Crippen LogP contribution in [-0.2, 0) is 0 Å². The fourth-order valence-corrected chi connectivity index (χ4v) is 10.2. The van der Waals surface area contributed by atoms with Gasteiger partial charge in [-0.25, -0.2) is 0 Å². The number of anilines is 3. The second kappa shape index (κ2) is 16.0. The van der Waals surface area contributed by atoms with Gasteiger partial charge in [0, 0.05) is 50.0 Å². The number of hydrogen-bond acceptors (Lipinski definition) is 1. The monoisotopic (exact) mass is 845 g/mol. The smallest absolute Gasteiger partial charge is 0.0541 e. The van der Waals surface area contributed by atoms with Crippen LogP contribution in [0.15, 0.2) is 231 Å². The quantitative estimate of drug-likeness (QED) is 0.148. The van der Waals surface area contributed by atoms with E-state index in [9.17, 15) is 0 Å². The molecule has 3 nitrogen and oxygen atoms in total. The molecular formula is C63H47N3. The predicted molar refractivity (Wildman–Crippen MR) is 280 cm³/mol. The first-order chi connectivity index (χ1) is 32.5. The van der Waals surface area contributed by atoms with Gasteiger partial charge in [-0.3, -0.25) is 0 Å². The molecule has 0 saturated carbocycles. The molecule has 2 heterocycles. The zero-order valence-corrected chi connectivity index (χ0v) is 37.3. The maximum absolute atomic E-state index is 2.42. The van der Waals surface area contributed by atoms with Gasteiger partial charge in [0.25, 0.3) is 0 Å². The van der Waals surface area contributed by atoms with E-state index in [1.165, 1.54) is 93.7 Å². The molecule has 0 amide bonds. The third-order valence-corrected chi connectivity index (χ3v) is 13.4. The van der Waals surface area contributed by atoms with E-state index in [-0.39, 0.29) is 0 Å². The second-order valence-corrected chi connectivity index (χ2v) is 17.6. The Labute approximate surface area is 385 Å². The van der Waals surface area contributed by atoms with Crippen molar-refractivity contribution in [3.63, 3.8) is 0 Å². The Balaban J connectivity index is 1.12. The third kappa shape index (κ3) is 6.59. The summed E-state index contributed by atoms with van der Waals surface area (Å²) in [5.41, 5.74) is 21.2. The second-order valence-electron chi connectivity index (χ2n) is 17.6. The number of para-hydroxylation sites is 4. The summed E-state index contributed by atoms with van der Waals surface area (Å²) < 4.78 is 4.79. The van der Waals surface area contributed by atoms with Gasteiger partial charge in [0.15, 0.2) is 0 Å². The minimum atomic E-state index is 1.10. The fraction of sp³-hybridized carbons (Fsp3) is 0.0476. The minimum absolute atomic E-state index is 1.10. The van der Waals surface area contributed by atoms with Gasteiger partial charge in [-0.05, 0) is 157 Å². The van der Waals surface area contributed by atoms with E-state index in [1.54, 1.807) is 0 Å². The van der Waals surface area contributed by atoms with Crippen LogP contribution in [0.1, 0.15) is 16.7 Å². The van der Waals surface area contributed by atoms with Crippen LogP contribution in [0.3, 0.4) is 0 Å². The highest BCUT2D eigenvalue weighted by atomic mass is 15.1. The highest BCUT2D eigenvalue weighted by Crippen LogP contribution is 2.47. The van der Waals surface area contributed by atoms with Crippen molar-refractivity contribution in [2.75, 3.05) is 4.90 Å². The van der Waals surface area contributed by atoms with E-state index in [0.29, 0.717) is 0 Å². The van der Waals surface area contributed by atoms with Crippen LogP contribution in [0.25, 0.3) is 88.4 Å². The highest BCUT2D eigenvalue weighted by Gasteiger charge is 2.22. The Morgan fingerprint density at radius 3 is 1.21 bits per heavy atom. The number of aromatic nitrogens is 2. The Kier molecular flexibility index (Phi) is 9.50.